The zero-order chi connectivity index (χ0) is 9.84. The second-order valence-corrected chi connectivity index (χ2v) is 2.75. The van der Waals surface area contributed by atoms with Gasteiger partial charge in [0.05, 0.1) is 0 Å². The standard InChI is InChI=1S/C9H11F2NO/c1-12-3-2-6-4-9(13)8(11)5-7(6)10/h4-5,12-13H,2-3H2,1H3. The van der Waals surface area contributed by atoms with E-state index in [4.69, 9.17) is 5.11 Å². The van der Waals surface area contributed by atoms with Crippen LogP contribution in [0.1, 0.15) is 5.56 Å². The summed E-state index contributed by atoms with van der Waals surface area (Å²) in [4.78, 5) is 0. The third kappa shape index (κ3) is 2.39. The van der Waals surface area contributed by atoms with Crippen LogP contribution in [0.2, 0.25) is 0 Å². The quantitative estimate of drug-likeness (QED) is 0.750. The minimum atomic E-state index is -0.925. The van der Waals surface area contributed by atoms with Gasteiger partial charge < -0.3 is 10.4 Å². The molecule has 0 aliphatic heterocycles. The highest BCUT2D eigenvalue weighted by Gasteiger charge is 2.07. The molecule has 0 heterocycles. The lowest BCUT2D eigenvalue weighted by Gasteiger charge is -2.03. The molecule has 1 aromatic rings. The lowest BCUT2D eigenvalue weighted by atomic mass is 10.1. The van der Waals surface area contributed by atoms with Crippen molar-refractivity contribution in [1.82, 2.24) is 5.32 Å². The van der Waals surface area contributed by atoms with E-state index < -0.39 is 17.4 Å². The molecule has 0 aliphatic carbocycles. The first kappa shape index (κ1) is 9.92. The van der Waals surface area contributed by atoms with Crippen molar-refractivity contribution in [2.45, 2.75) is 6.42 Å². The Balaban J connectivity index is 2.88. The van der Waals surface area contributed by atoms with Crippen molar-refractivity contribution in [3.05, 3.63) is 29.3 Å². The van der Waals surface area contributed by atoms with Crippen molar-refractivity contribution < 1.29 is 13.9 Å². The molecule has 2 N–H and O–H groups in total. The van der Waals surface area contributed by atoms with Crippen LogP contribution < -0.4 is 5.32 Å². The number of rotatable bonds is 3. The molecule has 0 radical (unpaired) electrons. The van der Waals surface area contributed by atoms with Gasteiger partial charge in [0.15, 0.2) is 11.6 Å². The highest BCUT2D eigenvalue weighted by atomic mass is 19.1. The predicted octanol–water partition coefficient (Wildman–Crippen LogP) is 1.43. The van der Waals surface area contributed by atoms with Gasteiger partial charge in [-0.2, -0.15) is 0 Å². The highest BCUT2D eigenvalue weighted by Crippen LogP contribution is 2.20. The Morgan fingerprint density at radius 2 is 2.00 bits per heavy atom. The van der Waals surface area contributed by atoms with Gasteiger partial charge in [0.1, 0.15) is 5.82 Å². The van der Waals surface area contributed by atoms with E-state index in [1.165, 1.54) is 0 Å². The average molecular weight is 187 g/mol. The maximum absolute atomic E-state index is 13.0. The summed E-state index contributed by atoms with van der Waals surface area (Å²) in [5, 5.41) is 11.8. The first-order valence-electron chi connectivity index (χ1n) is 3.96. The molecule has 1 aromatic carbocycles. The summed E-state index contributed by atoms with van der Waals surface area (Å²) >= 11 is 0. The van der Waals surface area contributed by atoms with Crippen LogP contribution in [0.15, 0.2) is 12.1 Å². The Morgan fingerprint density at radius 1 is 1.31 bits per heavy atom. The van der Waals surface area contributed by atoms with Crippen molar-refractivity contribution in [2.75, 3.05) is 13.6 Å². The third-order valence-corrected chi connectivity index (χ3v) is 1.76. The van der Waals surface area contributed by atoms with Gasteiger partial charge in [-0.05, 0) is 31.6 Å². The number of likely N-dealkylation sites (N-methyl/N-ethyl adjacent to an activating group) is 1. The topological polar surface area (TPSA) is 32.3 Å². The van der Waals surface area contributed by atoms with Crippen molar-refractivity contribution in [1.29, 1.82) is 0 Å². The van der Waals surface area contributed by atoms with Gasteiger partial charge in [-0.3, -0.25) is 0 Å². The molecule has 13 heavy (non-hydrogen) atoms. The molecule has 0 amide bonds. The summed E-state index contributed by atoms with van der Waals surface area (Å²) in [5.41, 5.74) is 0.313. The number of phenolic OH excluding ortho intramolecular Hbond substituents is 1. The summed E-state index contributed by atoms with van der Waals surface area (Å²) < 4.78 is 25.6. The van der Waals surface area contributed by atoms with Gasteiger partial charge in [-0.1, -0.05) is 0 Å². The summed E-state index contributed by atoms with van der Waals surface area (Å²) in [6, 6.07) is 1.81. The average Bonchev–Trinajstić information content (AvgIpc) is 2.09. The number of phenols is 1. The third-order valence-electron chi connectivity index (χ3n) is 1.76. The van der Waals surface area contributed by atoms with Crippen LogP contribution >= 0.6 is 0 Å². The number of hydrogen-bond donors (Lipinski definition) is 2. The van der Waals surface area contributed by atoms with E-state index in [-0.39, 0.29) is 0 Å². The molecule has 4 heteroatoms. The summed E-state index contributed by atoms with van der Waals surface area (Å²) in [6.07, 6.45) is 0.427. The van der Waals surface area contributed by atoms with Crippen LogP contribution in [0.3, 0.4) is 0 Å². The Morgan fingerprint density at radius 3 is 2.62 bits per heavy atom. The molecule has 1 rings (SSSR count). The largest absolute Gasteiger partial charge is 0.505 e. The molecule has 0 spiro atoms. The first-order valence-corrected chi connectivity index (χ1v) is 3.96. The van der Waals surface area contributed by atoms with Gasteiger partial charge in [0.25, 0.3) is 0 Å². The van der Waals surface area contributed by atoms with Crippen LogP contribution in [0.4, 0.5) is 8.78 Å². The van der Waals surface area contributed by atoms with E-state index in [1.807, 2.05) is 0 Å². The van der Waals surface area contributed by atoms with E-state index in [2.05, 4.69) is 5.32 Å². The number of aromatic hydroxyl groups is 1. The summed E-state index contributed by atoms with van der Waals surface area (Å²) in [5.74, 6) is -2.05. The molecule has 0 unspecified atom stereocenters. The fourth-order valence-corrected chi connectivity index (χ4v) is 1.03. The normalized spacial score (nSPS) is 10.4. The zero-order valence-electron chi connectivity index (χ0n) is 7.27. The number of nitrogens with one attached hydrogen (secondary N) is 1. The lowest BCUT2D eigenvalue weighted by Crippen LogP contribution is -2.11. The molecule has 0 bridgehead atoms. The second-order valence-electron chi connectivity index (χ2n) is 2.75. The SMILES string of the molecule is CNCCc1cc(O)c(F)cc1F. The van der Waals surface area contributed by atoms with Crippen LogP contribution in [0.5, 0.6) is 5.75 Å². The molecule has 2 nitrogen and oxygen atoms in total. The lowest BCUT2D eigenvalue weighted by molar-refractivity contribution is 0.426. The predicted molar refractivity (Wildman–Crippen MR) is 45.7 cm³/mol. The molecule has 0 saturated carbocycles. The van der Waals surface area contributed by atoms with Crippen molar-refractivity contribution in [2.24, 2.45) is 0 Å². The Hall–Kier alpha value is -1.16. The second kappa shape index (κ2) is 4.18. The van der Waals surface area contributed by atoms with Crippen LogP contribution in [0.25, 0.3) is 0 Å². The molecule has 0 atom stereocenters. The van der Waals surface area contributed by atoms with E-state index in [9.17, 15) is 8.78 Å². The van der Waals surface area contributed by atoms with Gasteiger partial charge >= 0.3 is 0 Å². The van der Waals surface area contributed by atoms with Gasteiger partial charge in [-0.25, -0.2) is 8.78 Å². The van der Waals surface area contributed by atoms with Crippen LogP contribution in [0, 0.1) is 11.6 Å². The van der Waals surface area contributed by atoms with Crippen molar-refractivity contribution in [3.63, 3.8) is 0 Å². The highest BCUT2D eigenvalue weighted by molar-refractivity contribution is 5.30. The van der Waals surface area contributed by atoms with E-state index in [0.717, 1.165) is 6.07 Å². The van der Waals surface area contributed by atoms with Crippen LogP contribution in [-0.2, 0) is 6.42 Å². The van der Waals surface area contributed by atoms with E-state index in [1.54, 1.807) is 7.05 Å². The Kier molecular flexibility index (Phi) is 3.19. The molecular weight excluding hydrogens is 176 g/mol. The van der Waals surface area contributed by atoms with E-state index >= 15 is 0 Å². The molecule has 0 aliphatic rings. The number of benzene rings is 1. The van der Waals surface area contributed by atoms with Crippen molar-refractivity contribution in [3.8, 4) is 5.75 Å². The van der Waals surface area contributed by atoms with Gasteiger partial charge in [-0.15, -0.1) is 0 Å². The van der Waals surface area contributed by atoms with E-state index in [0.29, 0.717) is 24.6 Å². The van der Waals surface area contributed by atoms with Gasteiger partial charge in [0, 0.05) is 6.07 Å². The fourth-order valence-electron chi connectivity index (χ4n) is 1.03. The summed E-state index contributed by atoms with van der Waals surface area (Å²) in [6.45, 7) is 0.585. The zero-order valence-corrected chi connectivity index (χ0v) is 7.27. The minimum Gasteiger partial charge on any atom is -0.505 e. The fraction of sp³-hybridized carbons (Fsp3) is 0.333. The maximum atomic E-state index is 13.0. The first-order chi connectivity index (χ1) is 6.15. The maximum Gasteiger partial charge on any atom is 0.167 e. The monoisotopic (exact) mass is 187 g/mol. The number of hydrogen-bond acceptors (Lipinski definition) is 2. The minimum absolute atomic E-state index is 0.313. The molecule has 0 saturated heterocycles. The van der Waals surface area contributed by atoms with Crippen molar-refractivity contribution >= 4 is 0 Å². The Labute approximate surface area is 75.2 Å². The van der Waals surface area contributed by atoms with Crippen LogP contribution in [-0.4, -0.2) is 18.7 Å². The smallest absolute Gasteiger partial charge is 0.167 e. The number of halogens is 2. The molecular formula is C9H11F2NO. The summed E-state index contributed by atoms with van der Waals surface area (Å²) in [7, 11) is 1.74. The molecule has 72 valence electrons. The van der Waals surface area contributed by atoms with Gasteiger partial charge in [0.2, 0.25) is 0 Å². The Bertz CT molecular complexity index is 302. The molecule has 0 fully saturated rings. The molecule has 0 aromatic heterocycles.